The normalized spacial score (nSPS) is 12.1. The van der Waals surface area contributed by atoms with Gasteiger partial charge >= 0.3 is 0 Å². The van der Waals surface area contributed by atoms with Gasteiger partial charge in [-0.3, -0.25) is 0 Å². The van der Waals surface area contributed by atoms with Crippen LogP contribution in [-0.2, 0) is 11.3 Å². The molecule has 0 aliphatic rings. The van der Waals surface area contributed by atoms with Gasteiger partial charge in [0, 0.05) is 24.9 Å². The number of methoxy groups -OCH3 is 1. The summed E-state index contributed by atoms with van der Waals surface area (Å²) in [5.41, 5.74) is 3.02. The van der Waals surface area contributed by atoms with E-state index in [1.54, 1.807) is 0 Å². The minimum Gasteiger partial charge on any atom is -0.381 e. The zero-order valence-corrected chi connectivity index (χ0v) is 10.3. The van der Waals surface area contributed by atoms with Gasteiger partial charge in [-0.15, -0.1) is 0 Å². The lowest BCUT2D eigenvalue weighted by Gasteiger charge is -2.10. The number of hydrogen-bond donors (Lipinski definition) is 2. The molecule has 18 heavy (non-hydrogen) atoms. The van der Waals surface area contributed by atoms with Crippen LogP contribution in [0.4, 0.5) is 5.69 Å². The van der Waals surface area contributed by atoms with Crippen LogP contribution < -0.4 is 5.32 Å². The van der Waals surface area contributed by atoms with E-state index in [9.17, 15) is 5.11 Å². The fourth-order valence-corrected chi connectivity index (χ4v) is 1.70. The molecule has 0 radical (unpaired) electrons. The van der Waals surface area contributed by atoms with Gasteiger partial charge in [0.2, 0.25) is 0 Å². The summed E-state index contributed by atoms with van der Waals surface area (Å²) in [5.74, 6) is 0. The first-order valence-electron chi connectivity index (χ1n) is 5.88. The summed E-state index contributed by atoms with van der Waals surface area (Å²) in [5, 5.41) is 12.8. The fourth-order valence-electron chi connectivity index (χ4n) is 1.70. The Labute approximate surface area is 107 Å². The minimum absolute atomic E-state index is 0.757. The molecule has 0 saturated heterocycles. The van der Waals surface area contributed by atoms with E-state index < -0.39 is 6.29 Å². The Morgan fingerprint density at radius 1 is 1.06 bits per heavy atom. The summed E-state index contributed by atoms with van der Waals surface area (Å²) in [6.45, 7) is 0.757. The second-order valence-corrected chi connectivity index (χ2v) is 4.05. The molecule has 0 fully saturated rings. The summed E-state index contributed by atoms with van der Waals surface area (Å²) in [6.07, 6.45) is -0.846. The average molecular weight is 243 g/mol. The fraction of sp³-hybridized carbons (Fsp3) is 0.200. The molecule has 94 valence electrons. The number of ether oxygens (including phenoxy) is 1. The molecule has 0 unspecified atom stereocenters. The lowest BCUT2D eigenvalue weighted by atomic mass is 10.1. The highest BCUT2D eigenvalue weighted by Crippen LogP contribution is 2.15. The SMILES string of the molecule is CO[C@@H](O)c1ccc(CNc2ccccc2)cc1. The molecular weight excluding hydrogens is 226 g/mol. The number of benzene rings is 2. The topological polar surface area (TPSA) is 41.5 Å². The molecule has 0 heterocycles. The molecule has 3 nitrogen and oxygen atoms in total. The molecule has 3 heteroatoms. The molecule has 2 N–H and O–H groups in total. The molecule has 2 aromatic rings. The molecule has 2 aromatic carbocycles. The van der Waals surface area contributed by atoms with E-state index in [1.165, 1.54) is 7.11 Å². The molecule has 0 aliphatic carbocycles. The lowest BCUT2D eigenvalue weighted by molar-refractivity contribution is -0.0769. The van der Waals surface area contributed by atoms with Crippen molar-refractivity contribution in [2.45, 2.75) is 12.8 Å². The highest BCUT2D eigenvalue weighted by atomic mass is 16.6. The largest absolute Gasteiger partial charge is 0.381 e. The van der Waals surface area contributed by atoms with Crippen LogP contribution in [0.1, 0.15) is 17.4 Å². The van der Waals surface area contributed by atoms with Crippen LogP contribution in [-0.4, -0.2) is 12.2 Å². The van der Waals surface area contributed by atoms with E-state index in [0.717, 1.165) is 23.4 Å². The van der Waals surface area contributed by atoms with Gasteiger partial charge in [0.05, 0.1) is 0 Å². The predicted molar refractivity (Wildman–Crippen MR) is 72.2 cm³/mol. The molecule has 0 bridgehead atoms. The van der Waals surface area contributed by atoms with Gasteiger partial charge in [0.1, 0.15) is 0 Å². The summed E-state index contributed by atoms with van der Waals surface area (Å²) in [6, 6.07) is 17.8. The van der Waals surface area contributed by atoms with E-state index in [0.29, 0.717) is 0 Å². The highest BCUT2D eigenvalue weighted by molar-refractivity contribution is 5.43. The molecule has 0 aromatic heterocycles. The summed E-state index contributed by atoms with van der Waals surface area (Å²) < 4.78 is 4.85. The number of aliphatic hydroxyl groups is 1. The van der Waals surface area contributed by atoms with Crippen LogP contribution >= 0.6 is 0 Å². The van der Waals surface area contributed by atoms with Gasteiger partial charge in [-0.25, -0.2) is 0 Å². The number of hydrogen-bond acceptors (Lipinski definition) is 3. The van der Waals surface area contributed by atoms with E-state index in [1.807, 2.05) is 54.6 Å². The molecule has 0 spiro atoms. The summed E-state index contributed by atoms with van der Waals surface area (Å²) in [7, 11) is 1.48. The maximum atomic E-state index is 9.49. The Morgan fingerprint density at radius 3 is 2.33 bits per heavy atom. The first-order valence-corrected chi connectivity index (χ1v) is 5.88. The van der Waals surface area contributed by atoms with E-state index in [-0.39, 0.29) is 0 Å². The molecule has 0 saturated carbocycles. The number of rotatable bonds is 5. The number of aliphatic hydroxyl groups excluding tert-OH is 1. The van der Waals surface area contributed by atoms with Crippen molar-refractivity contribution in [1.82, 2.24) is 0 Å². The molecule has 0 amide bonds. The Hall–Kier alpha value is -1.84. The van der Waals surface area contributed by atoms with E-state index in [4.69, 9.17) is 4.74 Å². The van der Waals surface area contributed by atoms with Crippen LogP contribution in [0.2, 0.25) is 0 Å². The molecule has 0 aliphatic heterocycles. The van der Waals surface area contributed by atoms with Crippen molar-refractivity contribution in [3.8, 4) is 0 Å². The van der Waals surface area contributed by atoms with Crippen LogP contribution in [0.5, 0.6) is 0 Å². The second-order valence-electron chi connectivity index (χ2n) is 4.05. The third-order valence-electron chi connectivity index (χ3n) is 2.76. The van der Waals surface area contributed by atoms with Crippen LogP contribution in [0.25, 0.3) is 0 Å². The smallest absolute Gasteiger partial charge is 0.180 e. The van der Waals surface area contributed by atoms with Crippen molar-refractivity contribution in [1.29, 1.82) is 0 Å². The predicted octanol–water partition coefficient (Wildman–Crippen LogP) is 2.94. The van der Waals surface area contributed by atoms with Crippen molar-refractivity contribution < 1.29 is 9.84 Å². The number of anilines is 1. The van der Waals surface area contributed by atoms with Crippen molar-refractivity contribution in [3.63, 3.8) is 0 Å². The Morgan fingerprint density at radius 2 is 1.72 bits per heavy atom. The van der Waals surface area contributed by atoms with Gasteiger partial charge in [-0.05, 0) is 17.7 Å². The highest BCUT2D eigenvalue weighted by Gasteiger charge is 2.04. The van der Waals surface area contributed by atoms with Crippen molar-refractivity contribution in [2.24, 2.45) is 0 Å². The Kier molecular flexibility index (Phi) is 4.34. The van der Waals surface area contributed by atoms with Gasteiger partial charge in [-0.2, -0.15) is 0 Å². The molecular formula is C15H17NO2. The van der Waals surface area contributed by atoms with Crippen LogP contribution in [0.15, 0.2) is 54.6 Å². The number of para-hydroxylation sites is 1. The first-order chi connectivity index (χ1) is 8.79. The van der Waals surface area contributed by atoms with Gasteiger partial charge < -0.3 is 15.2 Å². The van der Waals surface area contributed by atoms with Gasteiger partial charge in [-0.1, -0.05) is 42.5 Å². The summed E-state index contributed by atoms with van der Waals surface area (Å²) >= 11 is 0. The van der Waals surface area contributed by atoms with Gasteiger partial charge in [0.15, 0.2) is 6.29 Å². The Bertz CT molecular complexity index is 468. The quantitative estimate of drug-likeness (QED) is 0.793. The van der Waals surface area contributed by atoms with Gasteiger partial charge in [0.25, 0.3) is 0 Å². The van der Waals surface area contributed by atoms with Crippen LogP contribution in [0, 0.1) is 0 Å². The maximum Gasteiger partial charge on any atom is 0.180 e. The second kappa shape index (κ2) is 6.19. The minimum atomic E-state index is -0.846. The molecule has 1 atom stereocenters. The lowest BCUT2D eigenvalue weighted by Crippen LogP contribution is -2.02. The zero-order valence-electron chi connectivity index (χ0n) is 10.3. The maximum absolute atomic E-state index is 9.49. The summed E-state index contributed by atoms with van der Waals surface area (Å²) in [4.78, 5) is 0. The Balaban J connectivity index is 1.94. The first kappa shape index (κ1) is 12.6. The van der Waals surface area contributed by atoms with Crippen molar-refractivity contribution >= 4 is 5.69 Å². The molecule has 2 rings (SSSR count). The number of nitrogens with one attached hydrogen (secondary N) is 1. The van der Waals surface area contributed by atoms with E-state index >= 15 is 0 Å². The third-order valence-corrected chi connectivity index (χ3v) is 2.76. The average Bonchev–Trinajstić information content (AvgIpc) is 2.46. The van der Waals surface area contributed by atoms with Crippen molar-refractivity contribution in [3.05, 3.63) is 65.7 Å². The zero-order chi connectivity index (χ0) is 12.8. The third kappa shape index (κ3) is 3.32. The standard InChI is InChI=1S/C15H17NO2/c1-18-15(17)13-9-7-12(8-10-13)11-16-14-5-3-2-4-6-14/h2-10,15-17H,11H2,1H3/t15-/m1/s1. The van der Waals surface area contributed by atoms with Crippen LogP contribution in [0.3, 0.4) is 0 Å². The van der Waals surface area contributed by atoms with Crippen molar-refractivity contribution in [2.75, 3.05) is 12.4 Å². The monoisotopic (exact) mass is 243 g/mol. The van der Waals surface area contributed by atoms with E-state index in [2.05, 4.69) is 5.32 Å².